The molecule has 0 aromatic heterocycles. The van der Waals surface area contributed by atoms with E-state index in [2.05, 4.69) is 29.6 Å². The molecule has 0 aliphatic heterocycles. The van der Waals surface area contributed by atoms with E-state index >= 15 is 0 Å². The second-order valence-electron chi connectivity index (χ2n) is 8.28. The topological polar surface area (TPSA) is 72.5 Å². The van der Waals surface area contributed by atoms with Crippen LogP contribution in [0.15, 0.2) is 83.8 Å². The molecule has 3 aromatic rings. The van der Waals surface area contributed by atoms with Gasteiger partial charge in [0.1, 0.15) is 6.61 Å². The zero-order valence-electron chi connectivity index (χ0n) is 18.7. The van der Waals surface area contributed by atoms with E-state index in [9.17, 15) is 13.2 Å². The number of hydrogen-bond acceptors (Lipinski definition) is 4. The molecule has 0 atom stereocenters. The highest BCUT2D eigenvalue weighted by Gasteiger charge is 2.28. The Kier molecular flexibility index (Phi) is 6.65. The summed E-state index contributed by atoms with van der Waals surface area (Å²) in [5.74, 6) is 0.0179. The number of amides is 1. The van der Waals surface area contributed by atoms with Gasteiger partial charge in [0.05, 0.1) is 10.1 Å². The summed E-state index contributed by atoms with van der Waals surface area (Å²) in [4.78, 5) is 12.5. The van der Waals surface area contributed by atoms with E-state index in [4.69, 9.17) is 4.74 Å². The van der Waals surface area contributed by atoms with Crippen LogP contribution in [0.25, 0.3) is 17.2 Å². The molecule has 0 bridgehead atoms. The Bertz CT molecular complexity index is 1250. The Morgan fingerprint density at radius 1 is 0.970 bits per heavy atom. The van der Waals surface area contributed by atoms with E-state index in [0.29, 0.717) is 4.90 Å². The molecule has 0 spiro atoms. The van der Waals surface area contributed by atoms with E-state index in [1.54, 1.807) is 44.2 Å². The third-order valence-corrected chi connectivity index (χ3v) is 7.98. The summed E-state index contributed by atoms with van der Waals surface area (Å²) >= 11 is 0. The zero-order valence-corrected chi connectivity index (χ0v) is 19.5. The molecule has 1 amide bonds. The summed E-state index contributed by atoms with van der Waals surface area (Å²) in [7, 11) is -3.33. The van der Waals surface area contributed by atoms with Gasteiger partial charge in [0.25, 0.3) is 0 Å². The predicted molar refractivity (Wildman–Crippen MR) is 131 cm³/mol. The van der Waals surface area contributed by atoms with Crippen molar-refractivity contribution in [1.29, 1.82) is 0 Å². The summed E-state index contributed by atoms with van der Waals surface area (Å²) in [5.41, 5.74) is 5.47. The molecule has 170 valence electrons. The molecule has 0 fully saturated rings. The van der Waals surface area contributed by atoms with Crippen molar-refractivity contribution in [3.05, 3.63) is 95.6 Å². The summed E-state index contributed by atoms with van der Waals surface area (Å²) in [5, 5.41) is 2.24. The third-order valence-electron chi connectivity index (χ3n) is 5.83. The van der Waals surface area contributed by atoms with Gasteiger partial charge in [0, 0.05) is 12.5 Å². The van der Waals surface area contributed by atoms with Crippen LogP contribution in [0.3, 0.4) is 0 Å². The van der Waals surface area contributed by atoms with E-state index in [1.807, 2.05) is 30.3 Å². The Hall–Kier alpha value is -3.38. The Morgan fingerprint density at radius 2 is 1.61 bits per heavy atom. The quantitative estimate of drug-likeness (QED) is 0.510. The van der Waals surface area contributed by atoms with Crippen LogP contribution in [0, 0.1) is 0 Å². The second-order valence-corrected chi connectivity index (χ2v) is 10.8. The van der Waals surface area contributed by atoms with Crippen LogP contribution in [0.2, 0.25) is 0 Å². The lowest BCUT2D eigenvalue weighted by molar-refractivity contribution is 0.144. The van der Waals surface area contributed by atoms with Crippen molar-refractivity contribution in [2.75, 3.05) is 13.2 Å². The minimum atomic E-state index is -3.33. The monoisotopic (exact) mass is 461 g/mol. The fraction of sp³-hybridized carbons (Fsp3) is 0.222. The maximum atomic E-state index is 12.3. The smallest absolute Gasteiger partial charge is 0.407 e. The first-order valence-electron chi connectivity index (χ1n) is 11.0. The molecule has 1 aliphatic rings. The molecule has 1 aliphatic carbocycles. The number of carbonyl (C=O) groups excluding carboxylic acids is 1. The van der Waals surface area contributed by atoms with E-state index in [0.717, 1.165) is 5.56 Å². The van der Waals surface area contributed by atoms with Gasteiger partial charge in [-0.1, -0.05) is 72.8 Å². The summed E-state index contributed by atoms with van der Waals surface area (Å²) in [6.45, 7) is 3.86. The van der Waals surface area contributed by atoms with Gasteiger partial charge in [0.15, 0.2) is 9.84 Å². The molecule has 0 radical (unpaired) electrons. The second kappa shape index (κ2) is 9.63. The summed E-state index contributed by atoms with van der Waals surface area (Å²) in [6, 6.07) is 23.2. The lowest BCUT2D eigenvalue weighted by atomic mass is 9.98. The largest absolute Gasteiger partial charge is 0.449 e. The first kappa shape index (κ1) is 22.8. The van der Waals surface area contributed by atoms with Crippen LogP contribution in [-0.4, -0.2) is 32.9 Å². The molecule has 1 N–H and O–H groups in total. The van der Waals surface area contributed by atoms with Gasteiger partial charge >= 0.3 is 6.09 Å². The molecule has 0 heterocycles. The van der Waals surface area contributed by atoms with Crippen LogP contribution in [0.4, 0.5) is 4.79 Å². The Morgan fingerprint density at radius 3 is 2.24 bits per heavy atom. The molecule has 0 unspecified atom stereocenters. The molecule has 0 saturated carbocycles. The first-order chi connectivity index (χ1) is 15.9. The number of benzene rings is 3. The molecule has 6 heteroatoms. The van der Waals surface area contributed by atoms with E-state index < -0.39 is 21.2 Å². The fourth-order valence-corrected chi connectivity index (χ4v) is 5.17. The number of alkyl carbamates (subject to hydrolysis) is 1. The van der Waals surface area contributed by atoms with E-state index in [-0.39, 0.29) is 19.1 Å². The van der Waals surface area contributed by atoms with Crippen molar-refractivity contribution in [2.45, 2.75) is 29.9 Å². The average Bonchev–Trinajstić information content (AvgIpc) is 3.14. The fourth-order valence-electron chi connectivity index (χ4n) is 4.05. The number of ether oxygens (including phenoxy) is 1. The van der Waals surface area contributed by atoms with Crippen LogP contribution >= 0.6 is 0 Å². The molecule has 4 rings (SSSR count). The highest BCUT2D eigenvalue weighted by molar-refractivity contribution is 7.92. The standard InChI is InChI=1S/C27H27NO4S/c1-19(2)33(30,31)21-11-7-9-20(17-21)10-8-16-28-27(29)32-18-26-24-14-5-3-12-22(24)23-13-4-6-15-25(23)26/h3-15,17,19,26H,16,18H2,1-2H3,(H,28,29). The minimum Gasteiger partial charge on any atom is -0.449 e. The number of nitrogens with one attached hydrogen (secondary N) is 1. The SMILES string of the molecule is CC(C)S(=O)(=O)c1cccc(C=CCNC(=O)OCC2c3ccccc3-c3ccccc32)c1. The molecular weight excluding hydrogens is 434 g/mol. The zero-order chi connectivity index (χ0) is 23.4. The van der Waals surface area contributed by atoms with Crippen molar-refractivity contribution in [3.63, 3.8) is 0 Å². The normalized spacial score (nSPS) is 13.2. The average molecular weight is 462 g/mol. The van der Waals surface area contributed by atoms with Crippen LogP contribution < -0.4 is 5.32 Å². The summed E-state index contributed by atoms with van der Waals surface area (Å²) in [6.07, 6.45) is 3.06. The Labute approximate surface area is 195 Å². The molecule has 33 heavy (non-hydrogen) atoms. The van der Waals surface area contributed by atoms with Crippen LogP contribution in [-0.2, 0) is 14.6 Å². The van der Waals surface area contributed by atoms with Gasteiger partial charge in [-0.15, -0.1) is 0 Å². The van der Waals surface area contributed by atoms with Crippen molar-refractivity contribution >= 4 is 22.0 Å². The highest BCUT2D eigenvalue weighted by atomic mass is 32.2. The van der Waals surface area contributed by atoms with Gasteiger partial charge in [0.2, 0.25) is 0 Å². The molecule has 5 nitrogen and oxygen atoms in total. The van der Waals surface area contributed by atoms with Crippen molar-refractivity contribution < 1.29 is 17.9 Å². The predicted octanol–water partition coefficient (Wildman–Crippen LogP) is 5.42. The van der Waals surface area contributed by atoms with Gasteiger partial charge < -0.3 is 10.1 Å². The van der Waals surface area contributed by atoms with Crippen molar-refractivity contribution in [1.82, 2.24) is 5.32 Å². The maximum absolute atomic E-state index is 12.3. The summed E-state index contributed by atoms with van der Waals surface area (Å²) < 4.78 is 30.2. The van der Waals surface area contributed by atoms with Crippen molar-refractivity contribution in [2.24, 2.45) is 0 Å². The third kappa shape index (κ3) is 4.86. The number of rotatable bonds is 7. The molecular formula is C27H27NO4S. The van der Waals surface area contributed by atoms with Crippen LogP contribution in [0.1, 0.15) is 36.5 Å². The lowest BCUT2D eigenvalue weighted by Gasteiger charge is -2.14. The first-order valence-corrected chi connectivity index (χ1v) is 12.5. The van der Waals surface area contributed by atoms with Gasteiger partial charge in [-0.2, -0.15) is 0 Å². The number of sulfone groups is 1. The minimum absolute atomic E-state index is 0.0179. The highest BCUT2D eigenvalue weighted by Crippen LogP contribution is 2.44. The lowest BCUT2D eigenvalue weighted by Crippen LogP contribution is -2.26. The van der Waals surface area contributed by atoms with Crippen molar-refractivity contribution in [3.8, 4) is 11.1 Å². The maximum Gasteiger partial charge on any atom is 0.407 e. The van der Waals surface area contributed by atoms with Gasteiger partial charge in [-0.05, 0) is 53.8 Å². The molecule has 3 aromatic carbocycles. The van der Waals surface area contributed by atoms with Crippen LogP contribution in [0.5, 0.6) is 0 Å². The molecule has 0 saturated heterocycles. The number of fused-ring (bicyclic) bond motifs is 3. The Balaban J connectivity index is 1.33. The van der Waals surface area contributed by atoms with Gasteiger partial charge in [-0.25, -0.2) is 13.2 Å². The van der Waals surface area contributed by atoms with Gasteiger partial charge in [-0.3, -0.25) is 0 Å². The number of hydrogen-bond donors (Lipinski definition) is 1. The van der Waals surface area contributed by atoms with E-state index in [1.165, 1.54) is 22.3 Å². The number of carbonyl (C=O) groups is 1.